The number of sulfonamides is 1. The molecule has 0 aliphatic carbocycles. The number of carbonyl (C=O) groups excluding carboxylic acids is 1. The molecular weight excluding hydrogens is 398 g/mol. The molecule has 140 valence electrons. The maximum Gasteiger partial charge on any atom is 0.244 e. The lowest BCUT2D eigenvalue weighted by atomic mass is 10.3. The quantitative estimate of drug-likeness (QED) is 0.699. The Morgan fingerprint density at radius 3 is 2.58 bits per heavy atom. The molecule has 0 spiro atoms. The van der Waals surface area contributed by atoms with E-state index >= 15 is 0 Å². The second-order valence-electron chi connectivity index (χ2n) is 5.31. The van der Waals surface area contributed by atoms with E-state index in [1.54, 1.807) is 24.3 Å². The summed E-state index contributed by atoms with van der Waals surface area (Å²) < 4.78 is 30.1. The Morgan fingerprint density at radius 1 is 1.31 bits per heavy atom. The van der Waals surface area contributed by atoms with Gasteiger partial charge in [0.15, 0.2) is 0 Å². The predicted molar refractivity (Wildman–Crippen MR) is 102 cm³/mol. The summed E-state index contributed by atoms with van der Waals surface area (Å²) in [6.07, 6.45) is 1.28. The number of carbonyl (C=O) groups is 1. The van der Waals surface area contributed by atoms with Crippen LogP contribution in [-0.4, -0.2) is 50.6 Å². The average molecular weight is 416 g/mol. The zero-order valence-corrected chi connectivity index (χ0v) is 16.8. The zero-order valence-electron chi connectivity index (χ0n) is 14.4. The summed E-state index contributed by atoms with van der Waals surface area (Å²) >= 11 is 7.21. The molecule has 0 bridgehead atoms. The number of pyridine rings is 1. The lowest BCUT2D eigenvalue weighted by Crippen LogP contribution is -2.22. The fourth-order valence-corrected chi connectivity index (χ4v) is 3.64. The number of methoxy groups -OCH3 is 1. The topological polar surface area (TPSA) is 88.6 Å². The Hall–Kier alpha value is -1.81. The summed E-state index contributed by atoms with van der Waals surface area (Å²) in [6, 6.07) is 7.98. The van der Waals surface area contributed by atoms with Crippen molar-refractivity contribution in [1.82, 2.24) is 9.29 Å². The number of nitrogens with zero attached hydrogens (tertiary/aromatic N) is 2. The number of thioether (sulfide) groups is 1. The molecule has 2 aromatic rings. The number of amides is 1. The van der Waals surface area contributed by atoms with Crippen molar-refractivity contribution >= 4 is 45.0 Å². The van der Waals surface area contributed by atoms with Crippen molar-refractivity contribution in [2.24, 2.45) is 0 Å². The Balaban J connectivity index is 1.94. The van der Waals surface area contributed by atoms with Crippen molar-refractivity contribution in [3.05, 3.63) is 41.6 Å². The van der Waals surface area contributed by atoms with Gasteiger partial charge in [-0.1, -0.05) is 23.4 Å². The van der Waals surface area contributed by atoms with E-state index in [9.17, 15) is 13.2 Å². The highest BCUT2D eigenvalue weighted by Gasteiger charge is 2.17. The summed E-state index contributed by atoms with van der Waals surface area (Å²) in [6.45, 7) is 0. The summed E-state index contributed by atoms with van der Waals surface area (Å²) in [4.78, 5) is 16.2. The first-order valence-electron chi connectivity index (χ1n) is 7.39. The Morgan fingerprint density at radius 2 is 2.04 bits per heavy atom. The summed E-state index contributed by atoms with van der Waals surface area (Å²) in [7, 11) is 0.900. The Bertz CT molecular complexity index is 887. The Labute approximate surface area is 161 Å². The van der Waals surface area contributed by atoms with Crippen LogP contribution >= 0.6 is 23.4 Å². The molecule has 1 heterocycles. The van der Waals surface area contributed by atoms with Gasteiger partial charge in [-0.2, -0.15) is 0 Å². The number of halogens is 1. The smallest absolute Gasteiger partial charge is 0.244 e. The minimum absolute atomic E-state index is 0.101. The second-order valence-corrected chi connectivity index (χ2v) is 8.86. The number of ether oxygens (including phenoxy) is 1. The van der Waals surface area contributed by atoms with Gasteiger partial charge in [-0.15, -0.1) is 0 Å². The lowest BCUT2D eigenvalue weighted by Gasteiger charge is -2.11. The standard InChI is InChI=1S/C16H18ClN3O4S2/c1-20(2)26(22,23)12-5-7-16(18-9-12)25-10-15(21)19-11-4-6-14(24-3)13(17)8-11/h4-9H,10H2,1-3H3,(H,19,21). The van der Waals surface area contributed by atoms with Crippen LogP contribution in [0.15, 0.2) is 46.5 Å². The van der Waals surface area contributed by atoms with E-state index in [0.717, 1.165) is 4.31 Å². The van der Waals surface area contributed by atoms with Gasteiger partial charge in [0.2, 0.25) is 15.9 Å². The highest BCUT2D eigenvalue weighted by molar-refractivity contribution is 7.99. The lowest BCUT2D eigenvalue weighted by molar-refractivity contribution is -0.113. The van der Waals surface area contributed by atoms with Crippen molar-refractivity contribution < 1.29 is 17.9 Å². The van der Waals surface area contributed by atoms with E-state index in [0.29, 0.717) is 21.5 Å². The molecule has 0 radical (unpaired) electrons. The first-order valence-corrected chi connectivity index (χ1v) is 10.2. The minimum atomic E-state index is -3.52. The molecule has 0 unspecified atom stereocenters. The zero-order chi connectivity index (χ0) is 19.3. The molecule has 1 N–H and O–H groups in total. The van der Waals surface area contributed by atoms with Gasteiger partial charge in [0.05, 0.1) is 22.9 Å². The van der Waals surface area contributed by atoms with Gasteiger partial charge < -0.3 is 10.1 Å². The number of benzene rings is 1. The van der Waals surface area contributed by atoms with Gasteiger partial charge in [-0.3, -0.25) is 4.79 Å². The van der Waals surface area contributed by atoms with E-state index in [1.165, 1.54) is 45.2 Å². The molecule has 0 aliphatic rings. The van der Waals surface area contributed by atoms with Gasteiger partial charge in [0.25, 0.3) is 0 Å². The van der Waals surface area contributed by atoms with Gasteiger partial charge in [0.1, 0.15) is 10.6 Å². The van der Waals surface area contributed by atoms with Crippen LogP contribution in [-0.2, 0) is 14.8 Å². The van der Waals surface area contributed by atoms with Crippen LogP contribution in [0.5, 0.6) is 5.75 Å². The van der Waals surface area contributed by atoms with Gasteiger partial charge in [-0.05, 0) is 30.3 Å². The molecule has 0 fully saturated rings. The number of hydrogen-bond acceptors (Lipinski definition) is 6. The summed E-state index contributed by atoms with van der Waals surface area (Å²) in [5, 5.41) is 3.67. The van der Waals surface area contributed by atoms with Crippen LogP contribution in [0.25, 0.3) is 0 Å². The average Bonchev–Trinajstić information content (AvgIpc) is 2.60. The number of aromatic nitrogens is 1. The molecule has 0 atom stereocenters. The van der Waals surface area contributed by atoms with Gasteiger partial charge in [-0.25, -0.2) is 17.7 Å². The molecule has 26 heavy (non-hydrogen) atoms. The molecule has 7 nitrogen and oxygen atoms in total. The molecule has 10 heteroatoms. The number of anilines is 1. The fourth-order valence-electron chi connectivity index (χ4n) is 1.90. The highest BCUT2D eigenvalue weighted by atomic mass is 35.5. The SMILES string of the molecule is COc1ccc(NC(=O)CSc2ccc(S(=O)(=O)N(C)C)cn2)cc1Cl. The third kappa shape index (κ3) is 5.10. The van der Waals surface area contributed by atoms with Gasteiger partial charge >= 0.3 is 0 Å². The van der Waals surface area contributed by atoms with Crippen LogP contribution in [0.4, 0.5) is 5.69 Å². The molecule has 1 aromatic heterocycles. The van der Waals surface area contributed by atoms with E-state index in [2.05, 4.69) is 10.3 Å². The number of hydrogen-bond donors (Lipinski definition) is 1. The van der Waals surface area contributed by atoms with Crippen LogP contribution < -0.4 is 10.1 Å². The second kappa shape index (κ2) is 8.72. The number of nitrogens with one attached hydrogen (secondary N) is 1. The molecule has 0 saturated carbocycles. The van der Waals surface area contributed by atoms with Crippen LogP contribution in [0.2, 0.25) is 5.02 Å². The van der Waals surface area contributed by atoms with Gasteiger partial charge in [0, 0.05) is 26.0 Å². The van der Waals surface area contributed by atoms with Crippen molar-refractivity contribution in [3.8, 4) is 5.75 Å². The molecule has 1 amide bonds. The van der Waals surface area contributed by atoms with E-state index in [-0.39, 0.29) is 16.6 Å². The Kier molecular flexibility index (Phi) is 6.87. The summed E-state index contributed by atoms with van der Waals surface area (Å²) in [5.41, 5.74) is 0.557. The highest BCUT2D eigenvalue weighted by Crippen LogP contribution is 2.27. The minimum Gasteiger partial charge on any atom is -0.495 e. The van der Waals surface area contributed by atoms with Crippen molar-refractivity contribution in [3.63, 3.8) is 0 Å². The summed E-state index contributed by atoms with van der Waals surface area (Å²) in [5.74, 6) is 0.412. The first-order chi connectivity index (χ1) is 12.2. The number of rotatable bonds is 7. The first kappa shape index (κ1) is 20.5. The molecular formula is C16H18ClN3O4S2. The normalized spacial score (nSPS) is 11.4. The van der Waals surface area contributed by atoms with Crippen LogP contribution in [0.3, 0.4) is 0 Å². The van der Waals surface area contributed by atoms with Crippen molar-refractivity contribution in [1.29, 1.82) is 0 Å². The maximum atomic E-state index is 12.0. The van der Waals surface area contributed by atoms with Crippen LogP contribution in [0.1, 0.15) is 0 Å². The molecule has 1 aromatic carbocycles. The largest absolute Gasteiger partial charge is 0.495 e. The van der Waals surface area contributed by atoms with E-state index in [1.807, 2.05) is 0 Å². The maximum absolute atomic E-state index is 12.0. The fraction of sp³-hybridized carbons (Fsp3) is 0.250. The van der Waals surface area contributed by atoms with E-state index in [4.69, 9.17) is 16.3 Å². The molecule has 2 rings (SSSR count). The van der Waals surface area contributed by atoms with Crippen LogP contribution in [0, 0.1) is 0 Å². The third-order valence-corrected chi connectivity index (χ3v) is 6.31. The predicted octanol–water partition coefficient (Wildman–Crippen LogP) is 2.72. The van der Waals surface area contributed by atoms with Crippen molar-refractivity contribution in [2.75, 3.05) is 32.3 Å². The molecule has 0 aliphatic heterocycles. The van der Waals surface area contributed by atoms with Crippen molar-refractivity contribution in [2.45, 2.75) is 9.92 Å². The third-order valence-electron chi connectivity index (χ3n) is 3.27. The van der Waals surface area contributed by atoms with E-state index < -0.39 is 10.0 Å². The molecule has 0 saturated heterocycles. The monoisotopic (exact) mass is 415 g/mol.